The van der Waals surface area contributed by atoms with Gasteiger partial charge in [-0.2, -0.15) is 0 Å². The average Bonchev–Trinajstić information content (AvgIpc) is 2.78. The highest BCUT2D eigenvalue weighted by atomic mass is 35.5. The fraction of sp³-hybridized carbons (Fsp3) is 0.474. The van der Waals surface area contributed by atoms with Crippen LogP contribution in [0, 0.1) is 0 Å². The quantitative estimate of drug-likeness (QED) is 0.771. The van der Waals surface area contributed by atoms with Crippen LogP contribution in [0.5, 0.6) is 0 Å². The van der Waals surface area contributed by atoms with Crippen LogP contribution in [-0.2, 0) is 6.54 Å². The second-order valence-electron chi connectivity index (χ2n) is 6.89. The Morgan fingerprint density at radius 1 is 1.12 bits per heavy atom. The van der Waals surface area contributed by atoms with Gasteiger partial charge < -0.3 is 9.88 Å². The van der Waals surface area contributed by atoms with Gasteiger partial charge in [0.1, 0.15) is 11.0 Å². The number of hydrogen-bond donors (Lipinski definition) is 1. The van der Waals surface area contributed by atoms with E-state index >= 15 is 0 Å². The lowest BCUT2D eigenvalue weighted by molar-refractivity contribution is 0.275. The van der Waals surface area contributed by atoms with Crippen LogP contribution in [0.1, 0.15) is 32.1 Å². The third kappa shape index (κ3) is 3.44. The van der Waals surface area contributed by atoms with Gasteiger partial charge in [0.05, 0.1) is 6.33 Å². The predicted molar refractivity (Wildman–Crippen MR) is 102 cm³/mol. The van der Waals surface area contributed by atoms with E-state index in [1.807, 2.05) is 18.2 Å². The van der Waals surface area contributed by atoms with Gasteiger partial charge in [0.15, 0.2) is 0 Å². The van der Waals surface area contributed by atoms with E-state index in [1.165, 1.54) is 38.8 Å². The van der Waals surface area contributed by atoms with Gasteiger partial charge in [0, 0.05) is 22.5 Å². The van der Waals surface area contributed by atoms with Crippen molar-refractivity contribution in [2.45, 2.75) is 38.6 Å². The van der Waals surface area contributed by atoms with Crippen molar-refractivity contribution in [3.8, 4) is 0 Å². The molecule has 3 heterocycles. The first-order valence-corrected chi connectivity index (χ1v) is 9.49. The molecule has 0 saturated carbocycles. The normalized spacial score (nSPS) is 16.5. The molecule has 1 aliphatic rings. The van der Waals surface area contributed by atoms with Crippen LogP contribution in [0.2, 0.25) is 5.02 Å². The van der Waals surface area contributed by atoms with Crippen molar-refractivity contribution in [3.05, 3.63) is 39.9 Å². The topological polar surface area (TPSA) is 53.9 Å². The van der Waals surface area contributed by atoms with Gasteiger partial charge in [-0.3, -0.25) is 9.36 Å². The lowest BCUT2D eigenvalue weighted by Crippen LogP contribution is -2.28. The summed E-state index contributed by atoms with van der Waals surface area (Å²) in [4.78, 5) is 23.0. The van der Waals surface area contributed by atoms with E-state index in [9.17, 15) is 4.79 Å². The van der Waals surface area contributed by atoms with Gasteiger partial charge in [-0.05, 0) is 57.1 Å². The first-order valence-electron chi connectivity index (χ1n) is 9.11. The van der Waals surface area contributed by atoms with Crippen LogP contribution in [0.4, 0.5) is 0 Å². The molecule has 3 aromatic rings. The first kappa shape index (κ1) is 16.6. The molecule has 1 N–H and O–H groups in total. The van der Waals surface area contributed by atoms with E-state index in [0.29, 0.717) is 22.6 Å². The smallest absolute Gasteiger partial charge is 0.277 e. The highest BCUT2D eigenvalue weighted by molar-refractivity contribution is 6.31. The number of benzene rings is 1. The first-order chi connectivity index (χ1) is 12.2. The number of rotatable bonds is 4. The summed E-state index contributed by atoms with van der Waals surface area (Å²) in [6, 6.07) is 5.56. The SMILES string of the molecule is O=c1c2[nH]c3ccc(Cl)cc3c2ncn1CCCN1CCCCCC1. The van der Waals surface area contributed by atoms with E-state index in [2.05, 4.69) is 14.9 Å². The van der Waals surface area contributed by atoms with Crippen molar-refractivity contribution >= 4 is 33.5 Å². The molecule has 0 spiro atoms. The predicted octanol–water partition coefficient (Wildman–Crippen LogP) is 3.80. The van der Waals surface area contributed by atoms with Crippen molar-refractivity contribution in [3.63, 3.8) is 0 Å². The number of likely N-dealkylation sites (tertiary alicyclic amines) is 1. The maximum Gasteiger partial charge on any atom is 0.277 e. The molecule has 1 fully saturated rings. The molecular formula is C19H23ClN4O. The summed E-state index contributed by atoms with van der Waals surface area (Å²) in [5.41, 5.74) is 2.15. The molecule has 5 nitrogen and oxygen atoms in total. The minimum atomic E-state index is -0.00631. The fourth-order valence-electron chi connectivity index (χ4n) is 3.75. The summed E-state index contributed by atoms with van der Waals surface area (Å²) in [5.74, 6) is 0. The van der Waals surface area contributed by atoms with Crippen molar-refractivity contribution in [1.82, 2.24) is 19.4 Å². The summed E-state index contributed by atoms with van der Waals surface area (Å²) < 4.78 is 1.72. The molecule has 0 unspecified atom stereocenters. The monoisotopic (exact) mass is 358 g/mol. The zero-order chi connectivity index (χ0) is 17.2. The van der Waals surface area contributed by atoms with Crippen LogP contribution >= 0.6 is 11.6 Å². The van der Waals surface area contributed by atoms with E-state index in [1.54, 1.807) is 10.9 Å². The van der Waals surface area contributed by atoms with E-state index < -0.39 is 0 Å². The number of hydrogen-bond acceptors (Lipinski definition) is 3. The minimum Gasteiger partial charge on any atom is -0.349 e. The maximum atomic E-state index is 12.8. The molecule has 4 rings (SSSR count). The maximum absolute atomic E-state index is 12.8. The van der Waals surface area contributed by atoms with Crippen molar-refractivity contribution in [2.24, 2.45) is 0 Å². The Hall–Kier alpha value is -1.85. The third-order valence-corrected chi connectivity index (χ3v) is 5.34. The van der Waals surface area contributed by atoms with Crippen LogP contribution in [0.3, 0.4) is 0 Å². The number of nitrogens with one attached hydrogen (secondary N) is 1. The van der Waals surface area contributed by atoms with Gasteiger partial charge in [0.25, 0.3) is 5.56 Å². The fourth-order valence-corrected chi connectivity index (χ4v) is 3.92. The number of aromatic amines is 1. The lowest BCUT2D eigenvalue weighted by Gasteiger charge is -2.19. The number of halogens is 1. The number of aryl methyl sites for hydroxylation is 1. The van der Waals surface area contributed by atoms with E-state index in [4.69, 9.17) is 11.6 Å². The molecule has 0 amide bonds. The number of H-pyrrole nitrogens is 1. The van der Waals surface area contributed by atoms with E-state index in [0.717, 1.165) is 23.9 Å². The molecule has 132 valence electrons. The molecule has 0 aliphatic carbocycles. The minimum absolute atomic E-state index is 0.00631. The van der Waals surface area contributed by atoms with Crippen molar-refractivity contribution in [2.75, 3.05) is 19.6 Å². The Balaban J connectivity index is 1.53. The summed E-state index contributed by atoms with van der Waals surface area (Å²) in [5, 5.41) is 1.55. The zero-order valence-corrected chi connectivity index (χ0v) is 15.1. The Morgan fingerprint density at radius 3 is 2.72 bits per heavy atom. The highest BCUT2D eigenvalue weighted by Gasteiger charge is 2.12. The molecule has 1 saturated heterocycles. The van der Waals surface area contributed by atoms with Gasteiger partial charge in [0.2, 0.25) is 0 Å². The van der Waals surface area contributed by atoms with Crippen molar-refractivity contribution in [1.29, 1.82) is 0 Å². The van der Waals surface area contributed by atoms with Gasteiger partial charge in [-0.15, -0.1) is 0 Å². The van der Waals surface area contributed by atoms with Crippen LogP contribution in [0.25, 0.3) is 21.9 Å². The highest BCUT2D eigenvalue weighted by Crippen LogP contribution is 2.24. The van der Waals surface area contributed by atoms with Crippen LogP contribution in [0.15, 0.2) is 29.3 Å². The second kappa shape index (κ2) is 7.18. The largest absolute Gasteiger partial charge is 0.349 e. The molecule has 1 aromatic carbocycles. The molecule has 25 heavy (non-hydrogen) atoms. The molecule has 0 bridgehead atoms. The average molecular weight is 359 g/mol. The summed E-state index contributed by atoms with van der Waals surface area (Å²) in [7, 11) is 0. The van der Waals surface area contributed by atoms with Crippen LogP contribution in [-0.4, -0.2) is 39.1 Å². The van der Waals surface area contributed by atoms with Gasteiger partial charge in [-0.25, -0.2) is 4.98 Å². The lowest BCUT2D eigenvalue weighted by atomic mass is 10.2. The molecule has 1 aliphatic heterocycles. The number of fused-ring (bicyclic) bond motifs is 3. The molecule has 0 atom stereocenters. The Labute approximate surface area is 151 Å². The zero-order valence-electron chi connectivity index (χ0n) is 14.3. The number of nitrogens with zero attached hydrogens (tertiary/aromatic N) is 3. The summed E-state index contributed by atoms with van der Waals surface area (Å²) in [6.45, 7) is 4.13. The molecule has 0 radical (unpaired) electrons. The summed E-state index contributed by atoms with van der Waals surface area (Å²) in [6.07, 6.45) is 7.93. The molecule has 2 aromatic heterocycles. The third-order valence-electron chi connectivity index (χ3n) is 5.11. The van der Waals surface area contributed by atoms with Gasteiger partial charge >= 0.3 is 0 Å². The Bertz CT molecular complexity index is 938. The van der Waals surface area contributed by atoms with E-state index in [-0.39, 0.29) is 5.56 Å². The molecular weight excluding hydrogens is 336 g/mol. The summed E-state index contributed by atoms with van der Waals surface area (Å²) >= 11 is 6.07. The van der Waals surface area contributed by atoms with Crippen LogP contribution < -0.4 is 5.56 Å². The standard InChI is InChI=1S/C19H23ClN4O/c20-14-6-7-16-15(12-14)17-18(22-16)19(25)24(13-21-17)11-5-10-23-8-3-1-2-4-9-23/h6-7,12-13,22H,1-5,8-11H2. The number of aromatic nitrogens is 3. The van der Waals surface area contributed by atoms with Gasteiger partial charge in [-0.1, -0.05) is 24.4 Å². The molecule has 6 heteroatoms. The Kier molecular flexibility index (Phi) is 4.77. The van der Waals surface area contributed by atoms with Crippen molar-refractivity contribution < 1.29 is 0 Å². The Morgan fingerprint density at radius 2 is 1.92 bits per heavy atom. The second-order valence-corrected chi connectivity index (χ2v) is 7.33.